The molecule has 4 N–H and O–H groups in total. The maximum Gasteiger partial charge on any atom is 0.303 e. The molecule has 1 rings (SSSR count). The highest BCUT2D eigenvalue weighted by Gasteiger charge is 2.15. The van der Waals surface area contributed by atoms with Gasteiger partial charge in [0.05, 0.1) is 5.56 Å². The summed E-state index contributed by atoms with van der Waals surface area (Å²) in [5.41, 5.74) is 5.26. The summed E-state index contributed by atoms with van der Waals surface area (Å²) in [5.74, 6) is -1.70. The van der Waals surface area contributed by atoms with E-state index in [2.05, 4.69) is 5.32 Å². The lowest BCUT2D eigenvalue weighted by Gasteiger charge is -2.15. The van der Waals surface area contributed by atoms with E-state index in [0.29, 0.717) is 6.42 Å². The number of nitrogens with two attached hydrogens (primary N) is 1. The van der Waals surface area contributed by atoms with Crippen molar-refractivity contribution in [2.45, 2.75) is 25.8 Å². The van der Waals surface area contributed by atoms with Gasteiger partial charge in [-0.25, -0.2) is 0 Å². The highest BCUT2D eigenvalue weighted by molar-refractivity contribution is 5.97. The van der Waals surface area contributed by atoms with Gasteiger partial charge in [-0.1, -0.05) is 12.1 Å². The van der Waals surface area contributed by atoms with Crippen molar-refractivity contribution in [1.29, 1.82) is 0 Å². The molecule has 7 nitrogen and oxygen atoms in total. The monoisotopic (exact) mass is 294 g/mol. The van der Waals surface area contributed by atoms with Crippen molar-refractivity contribution in [2.24, 2.45) is 5.73 Å². The normalized spacial score (nSPS) is 11.5. The summed E-state index contributed by atoms with van der Waals surface area (Å²) in [6.07, 6.45) is 0.298. The van der Waals surface area contributed by atoms with Crippen LogP contribution in [0.5, 0.6) is 5.75 Å². The van der Waals surface area contributed by atoms with Crippen LogP contribution in [0.1, 0.15) is 30.1 Å². The van der Waals surface area contributed by atoms with Crippen LogP contribution in [0.4, 0.5) is 0 Å². The molecule has 0 aliphatic rings. The minimum atomic E-state index is -0.915. The number of para-hydroxylation sites is 1. The van der Waals surface area contributed by atoms with E-state index in [1.807, 2.05) is 0 Å². The van der Waals surface area contributed by atoms with Gasteiger partial charge in [0.15, 0.2) is 6.61 Å². The first kappa shape index (κ1) is 16.5. The fourth-order valence-electron chi connectivity index (χ4n) is 1.64. The lowest BCUT2D eigenvalue weighted by atomic mass is 10.1. The Balaban J connectivity index is 2.68. The lowest BCUT2D eigenvalue weighted by Crippen LogP contribution is -2.33. The number of aliphatic carboxylic acids is 1. The van der Waals surface area contributed by atoms with E-state index in [4.69, 9.17) is 15.6 Å². The van der Waals surface area contributed by atoms with Gasteiger partial charge in [-0.05, 0) is 25.5 Å². The second-order valence-corrected chi connectivity index (χ2v) is 4.56. The molecule has 0 saturated carbocycles. The van der Waals surface area contributed by atoms with Crippen molar-refractivity contribution in [3.05, 3.63) is 29.8 Å². The summed E-state index contributed by atoms with van der Waals surface area (Å²) in [6.45, 7) is 1.40. The zero-order valence-electron chi connectivity index (χ0n) is 11.7. The number of nitrogens with one attached hydrogen (secondary N) is 1. The molecule has 7 heteroatoms. The number of rotatable bonds is 8. The third kappa shape index (κ3) is 5.94. The van der Waals surface area contributed by atoms with Crippen molar-refractivity contribution in [1.82, 2.24) is 5.32 Å². The van der Waals surface area contributed by atoms with Crippen LogP contribution in [0.2, 0.25) is 0 Å². The van der Waals surface area contributed by atoms with E-state index in [9.17, 15) is 14.4 Å². The second-order valence-electron chi connectivity index (χ2n) is 4.56. The van der Waals surface area contributed by atoms with E-state index in [-0.39, 0.29) is 30.4 Å². The number of carboxylic acids is 1. The molecule has 21 heavy (non-hydrogen) atoms. The van der Waals surface area contributed by atoms with Crippen LogP contribution in [0.25, 0.3) is 0 Å². The van der Waals surface area contributed by atoms with Crippen molar-refractivity contribution < 1.29 is 24.2 Å². The number of carboxylic acid groups (broad SMARTS) is 1. The van der Waals surface area contributed by atoms with Gasteiger partial charge in [-0.2, -0.15) is 0 Å². The third-order valence-corrected chi connectivity index (χ3v) is 2.67. The summed E-state index contributed by atoms with van der Waals surface area (Å²) >= 11 is 0. The standard InChI is InChI=1S/C14H18N2O5/c1-9(6-7-13(18)19)16-14(20)10-4-2-3-5-11(10)21-8-12(15)17/h2-5,9H,6-8H2,1H3,(H2,15,17)(H,16,20)(H,18,19). The zero-order chi connectivity index (χ0) is 15.8. The van der Waals surface area contributed by atoms with Gasteiger partial charge in [0.25, 0.3) is 11.8 Å². The molecule has 0 heterocycles. The molecule has 1 atom stereocenters. The van der Waals surface area contributed by atoms with Crippen LogP contribution in [-0.4, -0.2) is 35.5 Å². The average molecular weight is 294 g/mol. The smallest absolute Gasteiger partial charge is 0.303 e. The maximum atomic E-state index is 12.1. The predicted octanol–water partition coefficient (Wildman–Crippen LogP) is 0.534. The largest absolute Gasteiger partial charge is 0.483 e. The van der Waals surface area contributed by atoms with Gasteiger partial charge >= 0.3 is 5.97 Å². The summed E-state index contributed by atoms with van der Waals surface area (Å²) in [6, 6.07) is 6.14. The molecule has 2 amide bonds. The number of amides is 2. The Kier molecular flexibility index (Phi) is 6.19. The van der Waals surface area contributed by atoms with Gasteiger partial charge < -0.3 is 20.9 Å². The predicted molar refractivity (Wildman–Crippen MR) is 74.9 cm³/mol. The van der Waals surface area contributed by atoms with E-state index in [1.54, 1.807) is 31.2 Å². The Hall–Kier alpha value is -2.57. The molecule has 0 aromatic heterocycles. The van der Waals surface area contributed by atoms with E-state index >= 15 is 0 Å². The average Bonchev–Trinajstić information content (AvgIpc) is 2.43. The second kappa shape index (κ2) is 7.88. The van der Waals surface area contributed by atoms with Crippen molar-refractivity contribution in [3.8, 4) is 5.75 Å². The quantitative estimate of drug-likeness (QED) is 0.646. The Morgan fingerprint density at radius 3 is 2.62 bits per heavy atom. The number of benzene rings is 1. The number of hydrogen-bond acceptors (Lipinski definition) is 4. The van der Waals surface area contributed by atoms with Crippen LogP contribution in [-0.2, 0) is 9.59 Å². The SMILES string of the molecule is CC(CCC(=O)O)NC(=O)c1ccccc1OCC(N)=O. The van der Waals surface area contributed by atoms with Crippen LogP contribution in [0.3, 0.4) is 0 Å². The van der Waals surface area contributed by atoms with Crippen molar-refractivity contribution in [2.75, 3.05) is 6.61 Å². The summed E-state index contributed by atoms with van der Waals surface area (Å²) < 4.78 is 5.17. The third-order valence-electron chi connectivity index (χ3n) is 2.67. The highest BCUT2D eigenvalue weighted by atomic mass is 16.5. The molecule has 1 aromatic carbocycles. The van der Waals surface area contributed by atoms with Gasteiger partial charge in [0.2, 0.25) is 0 Å². The summed E-state index contributed by atoms with van der Waals surface area (Å²) in [7, 11) is 0. The minimum absolute atomic E-state index is 0.0265. The minimum Gasteiger partial charge on any atom is -0.483 e. The Morgan fingerprint density at radius 1 is 1.33 bits per heavy atom. The number of primary amides is 1. The van der Waals surface area contributed by atoms with Crippen molar-refractivity contribution in [3.63, 3.8) is 0 Å². The zero-order valence-corrected chi connectivity index (χ0v) is 11.7. The molecule has 1 unspecified atom stereocenters. The topological polar surface area (TPSA) is 119 Å². The first-order chi connectivity index (χ1) is 9.90. The fourth-order valence-corrected chi connectivity index (χ4v) is 1.64. The van der Waals surface area contributed by atoms with Gasteiger partial charge in [0.1, 0.15) is 5.75 Å². The molecule has 0 spiro atoms. The molecule has 0 fully saturated rings. The summed E-state index contributed by atoms with van der Waals surface area (Å²) in [5, 5.41) is 11.3. The molecular weight excluding hydrogens is 276 g/mol. The van der Waals surface area contributed by atoms with Crippen LogP contribution in [0, 0.1) is 0 Å². The fraction of sp³-hybridized carbons (Fsp3) is 0.357. The molecule has 0 bridgehead atoms. The van der Waals surface area contributed by atoms with E-state index < -0.39 is 17.8 Å². The number of hydrogen-bond donors (Lipinski definition) is 3. The highest BCUT2D eigenvalue weighted by Crippen LogP contribution is 2.18. The number of carbonyl (C=O) groups excluding carboxylic acids is 2. The Labute approximate surface area is 122 Å². The van der Waals surface area contributed by atoms with Gasteiger partial charge in [-0.3, -0.25) is 14.4 Å². The molecule has 1 aromatic rings. The molecule has 0 saturated heterocycles. The van der Waals surface area contributed by atoms with Crippen LogP contribution < -0.4 is 15.8 Å². The lowest BCUT2D eigenvalue weighted by molar-refractivity contribution is -0.137. The van der Waals surface area contributed by atoms with E-state index in [0.717, 1.165) is 0 Å². The molecule has 0 aliphatic carbocycles. The molecule has 0 radical (unpaired) electrons. The number of ether oxygens (including phenoxy) is 1. The molecule has 0 aliphatic heterocycles. The van der Waals surface area contributed by atoms with Gasteiger partial charge in [-0.15, -0.1) is 0 Å². The van der Waals surface area contributed by atoms with Gasteiger partial charge in [0, 0.05) is 12.5 Å². The first-order valence-electron chi connectivity index (χ1n) is 6.43. The molecule has 114 valence electrons. The van der Waals surface area contributed by atoms with Crippen LogP contribution in [0.15, 0.2) is 24.3 Å². The van der Waals surface area contributed by atoms with E-state index in [1.165, 1.54) is 0 Å². The van der Waals surface area contributed by atoms with Crippen LogP contribution >= 0.6 is 0 Å². The first-order valence-corrected chi connectivity index (χ1v) is 6.43. The Morgan fingerprint density at radius 2 is 2.00 bits per heavy atom. The summed E-state index contributed by atoms with van der Waals surface area (Å²) in [4.78, 5) is 33.3. The Bertz CT molecular complexity index is 530. The molecular formula is C14H18N2O5. The van der Waals surface area contributed by atoms with Crippen molar-refractivity contribution >= 4 is 17.8 Å². The maximum absolute atomic E-state index is 12.1. The number of carbonyl (C=O) groups is 3.